The molecule has 358 valence electrons. The van der Waals surface area contributed by atoms with E-state index in [1.54, 1.807) is 0 Å². The van der Waals surface area contributed by atoms with Crippen LogP contribution in [0.1, 0.15) is 239 Å². The van der Waals surface area contributed by atoms with Crippen molar-refractivity contribution in [2.24, 2.45) is 11.8 Å². The Kier molecular flexibility index (Phi) is 38.1. The molecule has 1 aromatic heterocycles. The van der Waals surface area contributed by atoms with Gasteiger partial charge in [0.15, 0.2) is 0 Å². The molecule has 0 saturated carbocycles. The van der Waals surface area contributed by atoms with Gasteiger partial charge in [0.25, 0.3) is 0 Å². The van der Waals surface area contributed by atoms with Crippen LogP contribution < -0.4 is 0 Å². The average molecular weight is 862 g/mol. The summed E-state index contributed by atoms with van der Waals surface area (Å²) in [6, 6.07) is 0. The number of aromatic nitrogens is 2. The summed E-state index contributed by atoms with van der Waals surface area (Å²) >= 11 is 0. The first-order valence-electron chi connectivity index (χ1n) is 26.1. The van der Waals surface area contributed by atoms with Gasteiger partial charge in [0.2, 0.25) is 0 Å². The Bertz CT molecular complexity index is 1070. The topological polar surface area (TPSA) is 114 Å². The predicted octanol–water partition coefficient (Wildman–Crippen LogP) is 13.1. The maximum absolute atomic E-state index is 13.1. The van der Waals surface area contributed by atoms with Gasteiger partial charge < -0.3 is 24.3 Å². The van der Waals surface area contributed by atoms with E-state index in [9.17, 15) is 19.8 Å². The number of carbonyl (C=O) groups is 2. The van der Waals surface area contributed by atoms with E-state index in [4.69, 9.17) is 9.47 Å². The zero-order valence-electron chi connectivity index (χ0n) is 40.7. The van der Waals surface area contributed by atoms with Crippen molar-refractivity contribution in [3.8, 4) is 0 Å². The molecule has 1 rings (SSSR count). The largest absolute Gasteiger partial charge is 0.465 e. The van der Waals surface area contributed by atoms with Crippen LogP contribution in [0, 0.1) is 18.8 Å². The van der Waals surface area contributed by atoms with Crippen LogP contribution in [0.5, 0.6) is 0 Å². The minimum atomic E-state index is -0.511. The van der Waals surface area contributed by atoms with Crippen LogP contribution >= 0.6 is 0 Å². The number of carbonyl (C=O) groups excluding carboxylic acids is 2. The maximum Gasteiger partial charge on any atom is 0.308 e. The van der Waals surface area contributed by atoms with E-state index in [-0.39, 0.29) is 23.8 Å². The Labute approximate surface area is 376 Å². The third-order valence-electron chi connectivity index (χ3n) is 12.6. The number of nitrogens with zero attached hydrogens (tertiary/aromatic N) is 3. The van der Waals surface area contributed by atoms with Crippen molar-refractivity contribution >= 4 is 11.9 Å². The zero-order valence-corrected chi connectivity index (χ0v) is 40.7. The van der Waals surface area contributed by atoms with Crippen molar-refractivity contribution in [3.05, 3.63) is 18.2 Å². The molecule has 0 aliphatic heterocycles. The predicted molar refractivity (Wildman–Crippen MR) is 255 cm³/mol. The molecule has 0 aliphatic rings. The Morgan fingerprint density at radius 1 is 0.541 bits per heavy atom. The van der Waals surface area contributed by atoms with Gasteiger partial charge in [0.1, 0.15) is 5.82 Å². The van der Waals surface area contributed by atoms with Gasteiger partial charge in [-0.1, -0.05) is 156 Å². The van der Waals surface area contributed by atoms with Gasteiger partial charge in [-0.3, -0.25) is 14.5 Å². The van der Waals surface area contributed by atoms with Crippen LogP contribution in [-0.4, -0.2) is 81.7 Å². The first kappa shape index (κ1) is 57.0. The number of aliphatic hydroxyl groups excluding tert-OH is 2. The monoisotopic (exact) mass is 862 g/mol. The van der Waals surface area contributed by atoms with Crippen LogP contribution in [0.4, 0.5) is 0 Å². The number of aliphatic hydroxyl groups is 2. The van der Waals surface area contributed by atoms with E-state index in [0.717, 1.165) is 109 Å². The number of hydrogen-bond donors (Lipinski definition) is 2. The molecular weight excluding hydrogens is 763 g/mol. The molecule has 9 nitrogen and oxygen atoms in total. The first-order chi connectivity index (χ1) is 29.7. The fourth-order valence-electron chi connectivity index (χ4n) is 8.58. The van der Waals surface area contributed by atoms with E-state index < -0.39 is 12.2 Å². The second-order valence-corrected chi connectivity index (χ2v) is 18.5. The van der Waals surface area contributed by atoms with Crippen molar-refractivity contribution in [2.75, 3.05) is 32.8 Å². The summed E-state index contributed by atoms with van der Waals surface area (Å²) in [4.78, 5) is 32.8. The van der Waals surface area contributed by atoms with Crippen LogP contribution in [0.25, 0.3) is 0 Å². The van der Waals surface area contributed by atoms with Crippen molar-refractivity contribution in [1.82, 2.24) is 14.5 Å². The Morgan fingerprint density at radius 3 is 1.31 bits per heavy atom. The molecule has 4 unspecified atom stereocenters. The molecule has 0 fully saturated rings. The van der Waals surface area contributed by atoms with Gasteiger partial charge in [-0.2, -0.15) is 0 Å². The van der Waals surface area contributed by atoms with Crippen molar-refractivity contribution in [2.45, 2.75) is 259 Å². The van der Waals surface area contributed by atoms with E-state index in [1.807, 2.05) is 19.3 Å². The molecule has 1 aromatic rings. The zero-order chi connectivity index (χ0) is 44.6. The smallest absolute Gasteiger partial charge is 0.308 e. The van der Waals surface area contributed by atoms with Crippen LogP contribution in [-0.2, 0) is 25.6 Å². The molecule has 61 heavy (non-hydrogen) atoms. The molecule has 0 spiro atoms. The van der Waals surface area contributed by atoms with Gasteiger partial charge in [-0.25, -0.2) is 4.98 Å². The summed E-state index contributed by atoms with van der Waals surface area (Å²) in [5, 5.41) is 22.2. The summed E-state index contributed by atoms with van der Waals surface area (Å²) in [7, 11) is 0. The number of aryl methyl sites for hydroxylation is 2. The summed E-state index contributed by atoms with van der Waals surface area (Å²) in [6.45, 7) is 14.5. The molecule has 2 N–H and O–H groups in total. The summed E-state index contributed by atoms with van der Waals surface area (Å²) in [5.74, 6) is 0.984. The highest BCUT2D eigenvalue weighted by atomic mass is 16.5. The Hall–Kier alpha value is -1.97. The molecule has 4 atom stereocenters. The Morgan fingerprint density at radius 2 is 0.918 bits per heavy atom. The molecule has 0 saturated heterocycles. The lowest BCUT2D eigenvalue weighted by atomic mass is 9.94. The quantitative estimate of drug-likeness (QED) is 0.0492. The maximum atomic E-state index is 13.1. The van der Waals surface area contributed by atoms with Crippen molar-refractivity contribution < 1.29 is 29.3 Å². The van der Waals surface area contributed by atoms with E-state index in [1.165, 1.54) is 103 Å². The number of unbranched alkanes of at least 4 members (excludes halogenated alkanes) is 19. The second-order valence-electron chi connectivity index (χ2n) is 18.5. The van der Waals surface area contributed by atoms with Crippen molar-refractivity contribution in [3.63, 3.8) is 0 Å². The first-order valence-corrected chi connectivity index (χ1v) is 26.1. The molecule has 9 heteroatoms. The van der Waals surface area contributed by atoms with Gasteiger partial charge in [-0.15, -0.1) is 0 Å². The molecule has 0 aromatic carbocycles. The van der Waals surface area contributed by atoms with E-state index in [2.05, 4.69) is 42.1 Å². The number of imidazole rings is 1. The molecule has 1 heterocycles. The van der Waals surface area contributed by atoms with E-state index in [0.29, 0.717) is 39.1 Å². The van der Waals surface area contributed by atoms with Crippen LogP contribution in [0.2, 0.25) is 0 Å². The number of hydrogen-bond acceptors (Lipinski definition) is 8. The minimum absolute atomic E-state index is 0.0125. The van der Waals surface area contributed by atoms with Gasteiger partial charge in [0, 0.05) is 32.0 Å². The number of ether oxygens (including phenoxy) is 2. The Balaban J connectivity index is 2.56. The van der Waals surface area contributed by atoms with Crippen LogP contribution in [0.15, 0.2) is 12.4 Å². The van der Waals surface area contributed by atoms with E-state index >= 15 is 0 Å². The van der Waals surface area contributed by atoms with Gasteiger partial charge in [0.05, 0.1) is 37.3 Å². The van der Waals surface area contributed by atoms with Gasteiger partial charge >= 0.3 is 11.9 Å². The second kappa shape index (κ2) is 40.8. The molecule has 0 bridgehead atoms. The molecule has 0 radical (unpaired) electrons. The molecule has 0 aliphatic carbocycles. The molecule has 0 amide bonds. The minimum Gasteiger partial charge on any atom is -0.465 e. The normalized spacial score (nSPS) is 13.7. The fourth-order valence-corrected chi connectivity index (χ4v) is 8.58. The lowest BCUT2D eigenvalue weighted by molar-refractivity contribution is -0.150. The lowest BCUT2D eigenvalue weighted by Crippen LogP contribution is -2.38. The highest BCUT2D eigenvalue weighted by Crippen LogP contribution is 2.22. The van der Waals surface area contributed by atoms with Gasteiger partial charge in [-0.05, 0) is 90.5 Å². The number of esters is 2. The summed E-state index contributed by atoms with van der Waals surface area (Å²) in [5.41, 5.74) is 0. The fraction of sp³-hybridized carbons (Fsp3) is 0.904. The summed E-state index contributed by atoms with van der Waals surface area (Å²) < 4.78 is 13.8. The standard InChI is InChI=1S/C52H99N3O6/c1-6-10-14-18-20-24-34-47(32-22-16-12-8-3)51(58)60-42-30-26-36-49(56)44-54(39-28-29-40-55-41-38-53-46(55)5)45-50(57)37-27-31-43-61-52(59)48(33-23-17-13-9-4)35-25-21-19-15-11-7-2/h38,41,47-50,56-57H,6-37,39-40,42-45H2,1-5H3. The highest BCUT2D eigenvalue weighted by molar-refractivity contribution is 5.72. The SMILES string of the molecule is CCCCCCCCC(CCCCCC)C(=O)OCCCCC(O)CN(CCCCn1ccnc1C)CC(O)CCCCOC(=O)C(CCCCCC)CCCCCCCC. The van der Waals surface area contributed by atoms with Crippen molar-refractivity contribution in [1.29, 1.82) is 0 Å². The number of rotatable bonds is 45. The summed E-state index contributed by atoms with van der Waals surface area (Å²) in [6.07, 6.45) is 37.1. The molecular formula is C52H99N3O6. The lowest BCUT2D eigenvalue weighted by Gasteiger charge is -2.27. The van der Waals surface area contributed by atoms with Crippen LogP contribution in [0.3, 0.4) is 0 Å². The highest BCUT2D eigenvalue weighted by Gasteiger charge is 2.21. The third kappa shape index (κ3) is 32.4. The average Bonchev–Trinajstić information content (AvgIpc) is 3.66. The third-order valence-corrected chi connectivity index (χ3v) is 12.6.